The Labute approximate surface area is 197 Å². The third-order valence-corrected chi connectivity index (χ3v) is 6.42. The van der Waals surface area contributed by atoms with E-state index in [9.17, 15) is 14.4 Å². The number of fused-ring (bicyclic) bond motifs is 2. The maximum Gasteiger partial charge on any atom is 0.459 e. The second-order valence-corrected chi connectivity index (χ2v) is 8.86. The monoisotopic (exact) mass is 463 g/mol. The van der Waals surface area contributed by atoms with Crippen LogP contribution in [0.3, 0.4) is 0 Å². The zero-order valence-electron chi connectivity index (χ0n) is 19.3. The average Bonchev–Trinajstić information content (AvgIpc) is 3.10. The second-order valence-electron chi connectivity index (χ2n) is 8.86. The topological polar surface area (TPSA) is 132 Å². The van der Waals surface area contributed by atoms with E-state index in [1.807, 2.05) is 19.1 Å². The third-order valence-electron chi connectivity index (χ3n) is 6.42. The molecule has 9 nitrogen and oxygen atoms in total. The molecule has 0 fully saturated rings. The molecule has 1 aliphatic rings. The minimum Gasteiger partial charge on any atom is -0.355 e. The average molecular weight is 464 g/mol. The molecule has 2 aromatic carbocycles. The van der Waals surface area contributed by atoms with Gasteiger partial charge in [-0.1, -0.05) is 36.4 Å². The molecule has 0 radical (unpaired) electrons. The van der Waals surface area contributed by atoms with Crippen LogP contribution in [0.4, 0.5) is 0 Å². The standard InChI is InChI=1S/C25H29N5O4/c1-16(26)11-25(23-29-24(33)34-30(23)2)21-7-3-17(12-27-14-31)9-19(21)5-6-20-10-18(13-28-15-32)4-8-22(20)25/h3-4,7-10,14-16H,5-6,11-13,26H2,1-2H3,(H,27,31)(H,28,32)/t16-/m1/s1. The summed E-state index contributed by atoms with van der Waals surface area (Å²) in [6.45, 7) is 2.79. The molecule has 34 heavy (non-hydrogen) atoms. The minimum atomic E-state index is -0.816. The predicted molar refractivity (Wildman–Crippen MR) is 126 cm³/mol. The Kier molecular flexibility index (Phi) is 6.65. The number of aromatic nitrogens is 2. The molecule has 0 saturated carbocycles. The van der Waals surface area contributed by atoms with Crippen LogP contribution < -0.4 is 22.1 Å². The predicted octanol–water partition coefficient (Wildman–Crippen LogP) is 1.04. The molecule has 4 rings (SSSR count). The molecule has 0 spiro atoms. The summed E-state index contributed by atoms with van der Waals surface area (Å²) in [6, 6.07) is 12.1. The Morgan fingerprint density at radius 2 is 1.59 bits per heavy atom. The lowest BCUT2D eigenvalue weighted by Gasteiger charge is -2.36. The smallest absolute Gasteiger partial charge is 0.355 e. The summed E-state index contributed by atoms with van der Waals surface area (Å²) in [5, 5.41) is 5.44. The highest BCUT2D eigenvalue weighted by Gasteiger charge is 2.45. The van der Waals surface area contributed by atoms with Crippen LogP contribution >= 0.6 is 0 Å². The molecule has 0 saturated heterocycles. The zero-order chi connectivity index (χ0) is 24.3. The molecule has 3 aromatic rings. The zero-order valence-corrected chi connectivity index (χ0v) is 19.3. The van der Waals surface area contributed by atoms with Crippen LogP contribution in [0.2, 0.25) is 0 Å². The van der Waals surface area contributed by atoms with Crippen LogP contribution in [-0.2, 0) is 48.0 Å². The fraction of sp³-hybridized carbons (Fsp3) is 0.360. The summed E-state index contributed by atoms with van der Waals surface area (Å²) < 4.78 is 6.75. The van der Waals surface area contributed by atoms with Crippen molar-refractivity contribution in [3.05, 3.63) is 86.2 Å². The number of amides is 2. The van der Waals surface area contributed by atoms with Gasteiger partial charge >= 0.3 is 5.76 Å². The largest absolute Gasteiger partial charge is 0.459 e. The number of aryl methyl sites for hydroxylation is 3. The van der Waals surface area contributed by atoms with E-state index < -0.39 is 11.2 Å². The van der Waals surface area contributed by atoms with Gasteiger partial charge in [-0.15, -0.1) is 0 Å². The van der Waals surface area contributed by atoms with E-state index in [4.69, 9.17) is 10.3 Å². The van der Waals surface area contributed by atoms with Crippen molar-refractivity contribution < 1.29 is 14.1 Å². The summed E-state index contributed by atoms with van der Waals surface area (Å²) in [4.78, 5) is 38.2. The molecule has 0 aliphatic heterocycles. The van der Waals surface area contributed by atoms with E-state index in [0.717, 1.165) is 46.2 Å². The van der Waals surface area contributed by atoms with E-state index >= 15 is 0 Å². The third kappa shape index (κ3) is 4.26. The van der Waals surface area contributed by atoms with Crippen LogP contribution in [0.1, 0.15) is 52.5 Å². The van der Waals surface area contributed by atoms with Crippen molar-refractivity contribution in [1.29, 1.82) is 0 Å². The van der Waals surface area contributed by atoms with Gasteiger partial charge in [0.15, 0.2) is 5.82 Å². The summed E-state index contributed by atoms with van der Waals surface area (Å²) in [7, 11) is 1.68. The van der Waals surface area contributed by atoms with E-state index in [-0.39, 0.29) is 6.04 Å². The SMILES string of the molecule is C[C@@H](N)CC1(c2nc(=O)on2C)c2ccc(CNC=O)cc2CCc2cc(CNC=O)ccc21. The van der Waals surface area contributed by atoms with Gasteiger partial charge in [0.1, 0.15) is 0 Å². The van der Waals surface area contributed by atoms with Gasteiger partial charge in [-0.05, 0) is 59.6 Å². The summed E-state index contributed by atoms with van der Waals surface area (Å²) >= 11 is 0. The molecule has 1 heterocycles. The van der Waals surface area contributed by atoms with E-state index in [0.29, 0.717) is 38.2 Å². The lowest BCUT2D eigenvalue weighted by Crippen LogP contribution is -2.39. The number of benzene rings is 2. The normalized spacial score (nSPS) is 14.9. The van der Waals surface area contributed by atoms with E-state index in [1.54, 1.807) is 7.05 Å². The Hall–Kier alpha value is -3.72. The lowest BCUT2D eigenvalue weighted by molar-refractivity contribution is -0.110. The number of nitrogens with one attached hydrogen (secondary N) is 2. The van der Waals surface area contributed by atoms with Crippen LogP contribution in [0.5, 0.6) is 0 Å². The molecule has 1 aromatic heterocycles. The highest BCUT2D eigenvalue weighted by atomic mass is 16.5. The van der Waals surface area contributed by atoms with Gasteiger partial charge in [0.05, 0.1) is 5.41 Å². The lowest BCUT2D eigenvalue weighted by atomic mass is 9.67. The van der Waals surface area contributed by atoms with Gasteiger partial charge in [0.25, 0.3) is 0 Å². The fourth-order valence-electron chi connectivity index (χ4n) is 5.23. The van der Waals surface area contributed by atoms with Gasteiger partial charge in [-0.3, -0.25) is 9.59 Å². The van der Waals surface area contributed by atoms with Crippen molar-refractivity contribution in [3.8, 4) is 0 Å². The molecular weight excluding hydrogens is 434 g/mol. The number of carbonyl (C=O) groups excluding carboxylic acids is 2. The first-order valence-corrected chi connectivity index (χ1v) is 11.3. The molecule has 178 valence electrons. The van der Waals surface area contributed by atoms with E-state index in [2.05, 4.69) is 39.9 Å². The summed E-state index contributed by atoms with van der Waals surface area (Å²) in [5.74, 6) is -0.163. The van der Waals surface area contributed by atoms with Gasteiger partial charge in [-0.2, -0.15) is 9.72 Å². The molecule has 1 atom stereocenters. The molecule has 0 bridgehead atoms. The van der Waals surface area contributed by atoms with Crippen molar-refractivity contribution in [2.45, 2.75) is 50.7 Å². The molecule has 0 unspecified atom stereocenters. The maximum absolute atomic E-state index is 12.2. The summed E-state index contributed by atoms with van der Waals surface area (Å²) in [6.07, 6.45) is 3.39. The number of nitrogens with zero attached hydrogens (tertiary/aromatic N) is 2. The first kappa shape index (κ1) is 23.4. The number of rotatable bonds is 9. The van der Waals surface area contributed by atoms with Gasteiger partial charge in [0, 0.05) is 26.2 Å². The van der Waals surface area contributed by atoms with Crippen LogP contribution in [0, 0.1) is 0 Å². The van der Waals surface area contributed by atoms with Crippen LogP contribution in [-0.4, -0.2) is 28.6 Å². The van der Waals surface area contributed by atoms with Crippen molar-refractivity contribution in [3.63, 3.8) is 0 Å². The van der Waals surface area contributed by atoms with Gasteiger partial charge in [0.2, 0.25) is 12.8 Å². The Morgan fingerprint density at radius 1 is 1.06 bits per heavy atom. The first-order valence-electron chi connectivity index (χ1n) is 11.3. The number of nitrogens with two attached hydrogens (primary N) is 1. The fourth-order valence-corrected chi connectivity index (χ4v) is 5.23. The minimum absolute atomic E-state index is 0.210. The van der Waals surface area contributed by atoms with Crippen molar-refractivity contribution in [1.82, 2.24) is 20.4 Å². The second kappa shape index (κ2) is 9.64. The highest BCUT2D eigenvalue weighted by molar-refractivity contribution is 5.56. The molecule has 9 heteroatoms. The van der Waals surface area contributed by atoms with Gasteiger partial charge in [-0.25, -0.2) is 4.79 Å². The number of carbonyl (C=O) groups is 2. The Morgan fingerprint density at radius 3 is 2.00 bits per heavy atom. The molecule has 4 N–H and O–H groups in total. The highest BCUT2D eigenvalue weighted by Crippen LogP contribution is 2.47. The Balaban J connectivity index is 2.01. The molecule has 2 amide bonds. The molecule has 1 aliphatic carbocycles. The van der Waals surface area contributed by atoms with Crippen molar-refractivity contribution in [2.75, 3.05) is 0 Å². The quantitative estimate of drug-likeness (QED) is 0.406. The summed E-state index contributed by atoms with van der Waals surface area (Å²) in [5.41, 5.74) is 11.8. The van der Waals surface area contributed by atoms with Crippen molar-refractivity contribution >= 4 is 12.8 Å². The first-order chi connectivity index (χ1) is 16.4. The van der Waals surface area contributed by atoms with Gasteiger partial charge < -0.3 is 20.9 Å². The Bertz CT molecular complexity index is 1200. The number of hydrogen-bond acceptors (Lipinski definition) is 6. The van der Waals surface area contributed by atoms with Crippen LogP contribution in [0.25, 0.3) is 0 Å². The van der Waals surface area contributed by atoms with E-state index in [1.165, 1.54) is 4.74 Å². The van der Waals surface area contributed by atoms with Crippen molar-refractivity contribution in [2.24, 2.45) is 12.8 Å². The molecular formula is C25H29N5O4. The number of hydrogen-bond donors (Lipinski definition) is 3. The van der Waals surface area contributed by atoms with Crippen LogP contribution in [0.15, 0.2) is 45.7 Å². The maximum atomic E-state index is 12.2.